The monoisotopic (exact) mass is 180 g/mol. The third kappa shape index (κ3) is 3.95. The highest BCUT2D eigenvalue weighted by molar-refractivity contribution is 5.71. The lowest BCUT2D eigenvalue weighted by atomic mass is 10.4. The fourth-order valence-corrected chi connectivity index (χ4v) is 0.862. The van der Waals surface area contributed by atoms with Crippen LogP contribution in [0.3, 0.4) is 0 Å². The number of pyridine rings is 1. The molecule has 0 atom stereocenters. The Kier molecular flexibility index (Phi) is 3.56. The first-order valence-electron chi connectivity index (χ1n) is 3.96. The van der Waals surface area contributed by atoms with Gasteiger partial charge >= 0.3 is 6.03 Å². The average molecular weight is 180 g/mol. The molecule has 0 saturated carbocycles. The van der Waals surface area contributed by atoms with E-state index in [0.29, 0.717) is 13.1 Å². The minimum atomic E-state index is -0.503. The van der Waals surface area contributed by atoms with Gasteiger partial charge in [0.2, 0.25) is 0 Å². The summed E-state index contributed by atoms with van der Waals surface area (Å²) in [5.74, 6) is 0. The lowest BCUT2D eigenvalue weighted by Gasteiger charge is -2.05. The Balaban J connectivity index is 2.17. The fourth-order valence-electron chi connectivity index (χ4n) is 0.862. The Morgan fingerprint density at radius 2 is 2.08 bits per heavy atom. The van der Waals surface area contributed by atoms with Crippen molar-refractivity contribution in [3.63, 3.8) is 0 Å². The van der Waals surface area contributed by atoms with Crippen molar-refractivity contribution in [2.24, 2.45) is 5.73 Å². The Morgan fingerprint density at radius 1 is 1.38 bits per heavy atom. The van der Waals surface area contributed by atoms with Crippen LogP contribution in [-0.2, 0) is 0 Å². The Morgan fingerprint density at radius 3 is 2.69 bits per heavy atom. The fraction of sp³-hybridized carbons (Fsp3) is 0.250. The van der Waals surface area contributed by atoms with Crippen LogP contribution < -0.4 is 16.4 Å². The third-order valence-electron chi connectivity index (χ3n) is 1.43. The molecule has 1 aromatic rings. The summed E-state index contributed by atoms with van der Waals surface area (Å²) in [5.41, 5.74) is 5.86. The van der Waals surface area contributed by atoms with Gasteiger partial charge in [-0.1, -0.05) is 0 Å². The van der Waals surface area contributed by atoms with E-state index in [2.05, 4.69) is 15.6 Å². The zero-order valence-corrected chi connectivity index (χ0v) is 7.16. The molecule has 70 valence electrons. The van der Waals surface area contributed by atoms with Crippen molar-refractivity contribution in [2.75, 3.05) is 18.4 Å². The second kappa shape index (κ2) is 4.97. The van der Waals surface area contributed by atoms with E-state index >= 15 is 0 Å². The minimum Gasteiger partial charge on any atom is -0.383 e. The van der Waals surface area contributed by atoms with E-state index in [4.69, 9.17) is 5.73 Å². The summed E-state index contributed by atoms with van der Waals surface area (Å²) in [5, 5.41) is 5.57. The molecule has 1 aromatic heterocycles. The quantitative estimate of drug-likeness (QED) is 0.577. The van der Waals surface area contributed by atoms with Crippen molar-refractivity contribution in [1.29, 1.82) is 0 Å². The highest BCUT2D eigenvalue weighted by Gasteiger charge is 1.91. The number of anilines is 1. The lowest BCUT2D eigenvalue weighted by molar-refractivity contribution is 0.249. The molecule has 0 radical (unpaired) electrons. The van der Waals surface area contributed by atoms with Gasteiger partial charge in [0.15, 0.2) is 0 Å². The van der Waals surface area contributed by atoms with Gasteiger partial charge in [-0.05, 0) is 12.1 Å². The molecule has 2 amide bonds. The molecule has 0 spiro atoms. The lowest BCUT2D eigenvalue weighted by Crippen LogP contribution is -2.33. The number of carbonyl (C=O) groups excluding carboxylic acids is 1. The number of hydrogen-bond acceptors (Lipinski definition) is 3. The number of urea groups is 1. The molecule has 4 N–H and O–H groups in total. The molecule has 5 heteroatoms. The number of nitrogens with one attached hydrogen (secondary N) is 2. The third-order valence-corrected chi connectivity index (χ3v) is 1.43. The van der Waals surface area contributed by atoms with E-state index in [0.717, 1.165) is 5.69 Å². The number of nitrogens with zero attached hydrogens (tertiary/aromatic N) is 1. The largest absolute Gasteiger partial charge is 0.383 e. The van der Waals surface area contributed by atoms with Crippen molar-refractivity contribution in [3.05, 3.63) is 24.5 Å². The maximum Gasteiger partial charge on any atom is 0.312 e. The van der Waals surface area contributed by atoms with Crippen molar-refractivity contribution in [1.82, 2.24) is 10.3 Å². The van der Waals surface area contributed by atoms with Crippen LogP contribution in [0.1, 0.15) is 0 Å². The topological polar surface area (TPSA) is 80.0 Å². The molecule has 0 unspecified atom stereocenters. The highest BCUT2D eigenvalue weighted by Crippen LogP contribution is 2.01. The van der Waals surface area contributed by atoms with E-state index in [-0.39, 0.29) is 0 Å². The van der Waals surface area contributed by atoms with Crippen LogP contribution in [0.4, 0.5) is 10.5 Å². The minimum absolute atomic E-state index is 0.503. The summed E-state index contributed by atoms with van der Waals surface area (Å²) >= 11 is 0. The van der Waals surface area contributed by atoms with E-state index in [9.17, 15) is 4.79 Å². The molecular weight excluding hydrogens is 168 g/mol. The van der Waals surface area contributed by atoms with Gasteiger partial charge in [-0.15, -0.1) is 0 Å². The summed E-state index contributed by atoms with van der Waals surface area (Å²) in [7, 11) is 0. The zero-order valence-electron chi connectivity index (χ0n) is 7.16. The van der Waals surface area contributed by atoms with E-state index in [1.54, 1.807) is 12.4 Å². The number of carbonyl (C=O) groups is 1. The van der Waals surface area contributed by atoms with Crippen molar-refractivity contribution >= 4 is 11.7 Å². The van der Waals surface area contributed by atoms with Gasteiger partial charge in [0.1, 0.15) is 0 Å². The van der Waals surface area contributed by atoms with Gasteiger partial charge < -0.3 is 16.4 Å². The molecule has 0 aliphatic heterocycles. The molecule has 0 bridgehead atoms. The van der Waals surface area contributed by atoms with Gasteiger partial charge in [-0.2, -0.15) is 0 Å². The number of amides is 2. The molecule has 1 rings (SSSR count). The van der Waals surface area contributed by atoms with Crippen LogP contribution >= 0.6 is 0 Å². The Bertz CT molecular complexity index is 262. The van der Waals surface area contributed by atoms with Crippen molar-refractivity contribution in [3.8, 4) is 0 Å². The van der Waals surface area contributed by atoms with Crippen LogP contribution in [0, 0.1) is 0 Å². The summed E-state index contributed by atoms with van der Waals surface area (Å²) in [6, 6.07) is 3.20. The van der Waals surface area contributed by atoms with Gasteiger partial charge in [0.05, 0.1) is 0 Å². The number of nitrogens with two attached hydrogens (primary N) is 1. The van der Waals surface area contributed by atoms with Crippen LogP contribution in [-0.4, -0.2) is 24.1 Å². The predicted molar refractivity (Wildman–Crippen MR) is 50.3 cm³/mol. The van der Waals surface area contributed by atoms with Crippen LogP contribution in [0.15, 0.2) is 24.5 Å². The maximum absolute atomic E-state index is 10.3. The molecule has 1 heterocycles. The van der Waals surface area contributed by atoms with Crippen molar-refractivity contribution < 1.29 is 4.79 Å². The Labute approximate surface area is 76.3 Å². The molecule has 0 aromatic carbocycles. The summed E-state index contributed by atoms with van der Waals surface area (Å²) < 4.78 is 0. The first-order valence-corrected chi connectivity index (χ1v) is 3.96. The second-order valence-electron chi connectivity index (χ2n) is 2.45. The van der Waals surface area contributed by atoms with Crippen LogP contribution in [0.25, 0.3) is 0 Å². The first kappa shape index (κ1) is 9.31. The van der Waals surface area contributed by atoms with E-state index in [1.165, 1.54) is 0 Å². The summed E-state index contributed by atoms with van der Waals surface area (Å²) in [6.07, 6.45) is 3.40. The normalized spacial score (nSPS) is 9.23. The predicted octanol–water partition coefficient (Wildman–Crippen LogP) is 0.162. The van der Waals surface area contributed by atoms with Gasteiger partial charge in [-0.3, -0.25) is 4.98 Å². The maximum atomic E-state index is 10.3. The van der Waals surface area contributed by atoms with Crippen molar-refractivity contribution in [2.45, 2.75) is 0 Å². The van der Waals surface area contributed by atoms with E-state index < -0.39 is 6.03 Å². The summed E-state index contributed by atoms with van der Waals surface area (Å²) in [4.78, 5) is 14.2. The second-order valence-corrected chi connectivity index (χ2v) is 2.45. The van der Waals surface area contributed by atoms with Crippen LogP contribution in [0.5, 0.6) is 0 Å². The molecule has 5 nitrogen and oxygen atoms in total. The highest BCUT2D eigenvalue weighted by atomic mass is 16.2. The molecule has 0 aliphatic carbocycles. The molecule has 0 fully saturated rings. The Hall–Kier alpha value is -1.78. The average Bonchev–Trinajstić information content (AvgIpc) is 2.14. The molecule has 0 aliphatic rings. The standard InChI is InChI=1S/C8H12N4O/c9-8(13)12-6-5-11-7-1-3-10-4-2-7/h1-4H,5-6H2,(H,10,11)(H3,9,12,13). The van der Waals surface area contributed by atoms with E-state index in [1.807, 2.05) is 12.1 Å². The molecule has 13 heavy (non-hydrogen) atoms. The number of rotatable bonds is 4. The smallest absolute Gasteiger partial charge is 0.312 e. The first-order chi connectivity index (χ1) is 6.29. The zero-order chi connectivity index (χ0) is 9.52. The number of aromatic nitrogens is 1. The molecular formula is C8H12N4O. The summed E-state index contributed by atoms with van der Waals surface area (Å²) in [6.45, 7) is 1.16. The van der Waals surface area contributed by atoms with Gasteiger partial charge in [0.25, 0.3) is 0 Å². The number of primary amides is 1. The van der Waals surface area contributed by atoms with Crippen LogP contribution in [0.2, 0.25) is 0 Å². The van der Waals surface area contributed by atoms with Gasteiger partial charge in [0, 0.05) is 31.2 Å². The molecule has 0 saturated heterocycles. The number of hydrogen-bond donors (Lipinski definition) is 3. The SMILES string of the molecule is NC(=O)NCCNc1ccncc1. The van der Waals surface area contributed by atoms with Gasteiger partial charge in [-0.25, -0.2) is 4.79 Å².